The molecule has 0 N–H and O–H groups in total. The van der Waals surface area contributed by atoms with E-state index in [9.17, 15) is 0 Å². The molecule has 0 bridgehead atoms. The van der Waals surface area contributed by atoms with Gasteiger partial charge in [0.2, 0.25) is 5.69 Å². The molecule has 4 nitrogen and oxygen atoms in total. The lowest BCUT2D eigenvalue weighted by atomic mass is 10.2. The zero-order chi connectivity index (χ0) is 12.6. The summed E-state index contributed by atoms with van der Waals surface area (Å²) in [6, 6.07) is 11.8. The Hall–Kier alpha value is -2.67. The molecule has 0 aliphatic heterocycles. The van der Waals surface area contributed by atoms with E-state index in [4.69, 9.17) is 10.00 Å². The summed E-state index contributed by atoms with van der Waals surface area (Å²) in [6.07, 6.45) is 6.77. The Morgan fingerprint density at radius 1 is 1.17 bits per heavy atom. The molecule has 18 heavy (non-hydrogen) atoms. The van der Waals surface area contributed by atoms with E-state index in [0.29, 0.717) is 6.61 Å². The van der Waals surface area contributed by atoms with E-state index in [1.54, 1.807) is 0 Å². The van der Waals surface area contributed by atoms with Crippen molar-refractivity contribution >= 4 is 6.08 Å². The first-order valence-corrected chi connectivity index (χ1v) is 5.45. The molecule has 0 spiro atoms. The van der Waals surface area contributed by atoms with Crippen LogP contribution >= 0.6 is 0 Å². The van der Waals surface area contributed by atoms with Gasteiger partial charge in [-0.1, -0.05) is 36.4 Å². The standard InChI is InChI=1S/C14H11N3O/c15-11-13-14(17-9-8-16-13)18-10-4-7-12-5-2-1-3-6-12/h1-9H,10H2. The van der Waals surface area contributed by atoms with Gasteiger partial charge in [0.05, 0.1) is 0 Å². The lowest BCUT2D eigenvalue weighted by Gasteiger charge is -2.01. The third-order valence-electron chi connectivity index (χ3n) is 2.20. The van der Waals surface area contributed by atoms with Gasteiger partial charge in [-0.05, 0) is 11.6 Å². The van der Waals surface area contributed by atoms with Gasteiger partial charge in [0.25, 0.3) is 5.88 Å². The maximum absolute atomic E-state index is 8.80. The summed E-state index contributed by atoms with van der Waals surface area (Å²) in [4.78, 5) is 7.81. The quantitative estimate of drug-likeness (QED) is 0.819. The second-order valence-corrected chi connectivity index (χ2v) is 3.45. The summed E-state index contributed by atoms with van der Waals surface area (Å²) < 4.78 is 5.37. The minimum Gasteiger partial charge on any atom is -0.471 e. The highest BCUT2D eigenvalue weighted by Gasteiger charge is 2.03. The number of ether oxygens (including phenoxy) is 1. The van der Waals surface area contributed by atoms with Gasteiger partial charge in [-0.3, -0.25) is 0 Å². The number of hydrogen-bond donors (Lipinski definition) is 0. The lowest BCUT2D eigenvalue weighted by molar-refractivity contribution is 0.346. The van der Waals surface area contributed by atoms with Crippen molar-refractivity contribution in [1.29, 1.82) is 5.26 Å². The number of nitriles is 1. The van der Waals surface area contributed by atoms with Crippen LogP contribution in [0.5, 0.6) is 5.88 Å². The predicted octanol–water partition coefficient (Wildman–Crippen LogP) is 2.44. The lowest BCUT2D eigenvalue weighted by Crippen LogP contribution is -1.99. The number of rotatable bonds is 4. The van der Waals surface area contributed by atoms with Crippen LogP contribution in [0.25, 0.3) is 6.08 Å². The molecule has 4 heteroatoms. The van der Waals surface area contributed by atoms with Crippen LogP contribution < -0.4 is 4.74 Å². The number of aromatic nitrogens is 2. The maximum Gasteiger partial charge on any atom is 0.251 e. The SMILES string of the molecule is N#Cc1nccnc1OCC=Cc1ccccc1. The smallest absolute Gasteiger partial charge is 0.251 e. The zero-order valence-corrected chi connectivity index (χ0v) is 9.65. The zero-order valence-electron chi connectivity index (χ0n) is 9.65. The molecule has 0 unspecified atom stereocenters. The molecule has 0 saturated heterocycles. The van der Waals surface area contributed by atoms with Crippen molar-refractivity contribution in [2.45, 2.75) is 0 Å². The van der Waals surface area contributed by atoms with Gasteiger partial charge >= 0.3 is 0 Å². The fraction of sp³-hybridized carbons (Fsp3) is 0.0714. The highest BCUT2D eigenvalue weighted by atomic mass is 16.5. The molecule has 0 aliphatic carbocycles. The molecule has 2 aromatic rings. The van der Waals surface area contributed by atoms with Gasteiger partial charge in [0.1, 0.15) is 12.7 Å². The van der Waals surface area contributed by atoms with Crippen LogP contribution in [-0.4, -0.2) is 16.6 Å². The van der Waals surface area contributed by atoms with Crippen molar-refractivity contribution < 1.29 is 4.74 Å². The van der Waals surface area contributed by atoms with E-state index in [-0.39, 0.29) is 11.6 Å². The Balaban J connectivity index is 1.93. The Bertz CT molecular complexity index is 573. The fourth-order valence-electron chi connectivity index (χ4n) is 1.38. The Morgan fingerprint density at radius 3 is 2.72 bits per heavy atom. The van der Waals surface area contributed by atoms with E-state index in [0.717, 1.165) is 5.56 Å². The van der Waals surface area contributed by atoms with Gasteiger partial charge in [-0.15, -0.1) is 0 Å². The van der Waals surface area contributed by atoms with Gasteiger partial charge < -0.3 is 4.74 Å². The number of nitrogens with zero attached hydrogens (tertiary/aromatic N) is 3. The van der Waals surface area contributed by atoms with Crippen LogP contribution in [0.2, 0.25) is 0 Å². The van der Waals surface area contributed by atoms with Crippen molar-refractivity contribution in [3.63, 3.8) is 0 Å². The summed E-state index contributed by atoms with van der Waals surface area (Å²) in [6.45, 7) is 0.349. The molecule has 0 atom stereocenters. The van der Waals surface area contributed by atoms with E-state index < -0.39 is 0 Å². The average Bonchev–Trinajstić information content (AvgIpc) is 2.45. The predicted molar refractivity (Wildman–Crippen MR) is 67.7 cm³/mol. The molecular formula is C14H11N3O. The van der Waals surface area contributed by atoms with Gasteiger partial charge in [-0.25, -0.2) is 9.97 Å². The number of benzene rings is 1. The second-order valence-electron chi connectivity index (χ2n) is 3.45. The molecule has 0 aliphatic rings. The Kier molecular flexibility index (Phi) is 4.04. The monoisotopic (exact) mass is 237 g/mol. The first-order valence-electron chi connectivity index (χ1n) is 5.45. The van der Waals surface area contributed by atoms with Crippen LogP contribution in [-0.2, 0) is 0 Å². The van der Waals surface area contributed by atoms with Gasteiger partial charge in [-0.2, -0.15) is 5.26 Å². The molecule has 0 radical (unpaired) electrons. The molecule has 88 valence electrons. The summed E-state index contributed by atoms with van der Waals surface area (Å²) >= 11 is 0. The summed E-state index contributed by atoms with van der Waals surface area (Å²) in [5, 5.41) is 8.80. The third kappa shape index (κ3) is 3.16. The Morgan fingerprint density at radius 2 is 1.94 bits per heavy atom. The highest BCUT2D eigenvalue weighted by Crippen LogP contribution is 2.09. The molecular weight excluding hydrogens is 226 g/mol. The van der Waals surface area contributed by atoms with E-state index in [2.05, 4.69) is 9.97 Å². The molecule has 0 fully saturated rings. The third-order valence-corrected chi connectivity index (χ3v) is 2.20. The second kappa shape index (κ2) is 6.16. The van der Waals surface area contributed by atoms with E-state index in [1.165, 1.54) is 12.4 Å². The Labute approximate surface area is 105 Å². The minimum atomic E-state index is 0.200. The van der Waals surface area contributed by atoms with Gasteiger partial charge in [0.15, 0.2) is 0 Å². The first-order chi connectivity index (χ1) is 8.90. The molecule has 1 aromatic heterocycles. The summed E-state index contributed by atoms with van der Waals surface area (Å²) in [5.74, 6) is 0.262. The number of hydrogen-bond acceptors (Lipinski definition) is 4. The fourth-order valence-corrected chi connectivity index (χ4v) is 1.38. The van der Waals surface area contributed by atoms with Crippen molar-refractivity contribution in [1.82, 2.24) is 9.97 Å². The summed E-state index contributed by atoms with van der Waals surface area (Å²) in [5.41, 5.74) is 1.30. The minimum absolute atomic E-state index is 0.200. The van der Waals surface area contributed by atoms with Crippen molar-refractivity contribution in [3.05, 3.63) is 60.1 Å². The van der Waals surface area contributed by atoms with Crippen LogP contribution in [0.1, 0.15) is 11.3 Å². The normalized spacial score (nSPS) is 10.2. The van der Waals surface area contributed by atoms with Crippen LogP contribution in [0.15, 0.2) is 48.8 Å². The van der Waals surface area contributed by atoms with Crippen molar-refractivity contribution in [2.24, 2.45) is 0 Å². The van der Waals surface area contributed by atoms with E-state index >= 15 is 0 Å². The van der Waals surface area contributed by atoms with Crippen LogP contribution in [0.4, 0.5) is 0 Å². The first kappa shape index (κ1) is 11.8. The molecule has 2 rings (SSSR count). The average molecular weight is 237 g/mol. The van der Waals surface area contributed by atoms with Crippen molar-refractivity contribution in [2.75, 3.05) is 6.61 Å². The maximum atomic E-state index is 8.80. The molecule has 1 heterocycles. The summed E-state index contributed by atoms with van der Waals surface area (Å²) in [7, 11) is 0. The van der Waals surface area contributed by atoms with Crippen LogP contribution in [0.3, 0.4) is 0 Å². The van der Waals surface area contributed by atoms with E-state index in [1.807, 2.05) is 48.6 Å². The largest absolute Gasteiger partial charge is 0.471 e. The van der Waals surface area contributed by atoms with Gasteiger partial charge in [0, 0.05) is 12.4 Å². The topological polar surface area (TPSA) is 58.8 Å². The molecule has 1 aromatic carbocycles. The van der Waals surface area contributed by atoms with Crippen LogP contribution in [0, 0.1) is 11.3 Å². The highest BCUT2D eigenvalue weighted by molar-refractivity contribution is 5.48. The molecule has 0 amide bonds. The molecule has 0 saturated carbocycles. The van der Waals surface area contributed by atoms with Crippen molar-refractivity contribution in [3.8, 4) is 11.9 Å².